The van der Waals surface area contributed by atoms with Crippen LogP contribution in [0.1, 0.15) is 35.3 Å². The Kier molecular flexibility index (Phi) is 4.68. The zero-order valence-corrected chi connectivity index (χ0v) is 13.5. The number of nitrogens with zero attached hydrogens (tertiary/aromatic N) is 1. The Labute approximate surface area is 136 Å². The topological polar surface area (TPSA) is 90.9 Å². The highest BCUT2D eigenvalue weighted by Crippen LogP contribution is 2.25. The van der Waals surface area contributed by atoms with E-state index in [9.17, 15) is 10.1 Å². The third-order valence-corrected chi connectivity index (χ3v) is 3.78. The number of aryl methyl sites for hydroxylation is 1. The number of nitrogen functional groups attached to an aromatic ring is 1. The summed E-state index contributed by atoms with van der Waals surface area (Å²) in [4.78, 5) is 12.4. The number of rotatable bonds is 4. The van der Waals surface area contributed by atoms with Crippen LogP contribution in [0.25, 0.3) is 0 Å². The molecule has 0 saturated carbocycles. The van der Waals surface area contributed by atoms with Gasteiger partial charge in [0.25, 0.3) is 5.91 Å². The summed E-state index contributed by atoms with van der Waals surface area (Å²) in [6.07, 6.45) is 0. The maximum Gasteiger partial charge on any atom is 0.255 e. The van der Waals surface area contributed by atoms with Gasteiger partial charge in [0.2, 0.25) is 0 Å². The van der Waals surface area contributed by atoms with Gasteiger partial charge >= 0.3 is 0 Å². The predicted octanol–water partition coefficient (Wildman–Crippen LogP) is 3.33. The van der Waals surface area contributed by atoms with E-state index in [4.69, 9.17) is 5.84 Å². The van der Waals surface area contributed by atoms with Crippen molar-refractivity contribution in [2.24, 2.45) is 5.84 Å². The molecule has 0 spiro atoms. The highest BCUT2D eigenvalue weighted by Gasteiger charge is 2.20. The SMILES string of the molecule is Cc1ccc(C(=O)Nc2cccc(C(C)(C)C#N)c2)cc1NN. The van der Waals surface area contributed by atoms with Gasteiger partial charge in [-0.1, -0.05) is 18.2 Å². The molecule has 0 aliphatic heterocycles. The van der Waals surface area contributed by atoms with E-state index in [2.05, 4.69) is 16.8 Å². The zero-order valence-electron chi connectivity index (χ0n) is 13.5. The highest BCUT2D eigenvalue weighted by molar-refractivity contribution is 6.05. The van der Waals surface area contributed by atoms with Gasteiger partial charge in [-0.05, 0) is 56.2 Å². The fourth-order valence-electron chi connectivity index (χ4n) is 2.17. The van der Waals surface area contributed by atoms with Gasteiger partial charge in [0.05, 0.1) is 17.2 Å². The second-order valence-corrected chi connectivity index (χ2v) is 5.95. The number of carbonyl (C=O) groups excluding carboxylic acids is 1. The van der Waals surface area contributed by atoms with E-state index in [1.54, 1.807) is 18.2 Å². The van der Waals surface area contributed by atoms with Crippen molar-refractivity contribution in [2.75, 3.05) is 10.7 Å². The first-order chi connectivity index (χ1) is 10.9. The molecular weight excluding hydrogens is 288 g/mol. The second kappa shape index (κ2) is 6.51. The lowest BCUT2D eigenvalue weighted by molar-refractivity contribution is 0.102. The number of benzene rings is 2. The summed E-state index contributed by atoms with van der Waals surface area (Å²) in [5.74, 6) is 5.21. The number of nitrogens with two attached hydrogens (primary N) is 1. The molecule has 0 fully saturated rings. The smallest absolute Gasteiger partial charge is 0.255 e. The first kappa shape index (κ1) is 16.5. The standard InChI is InChI=1S/C18H20N4O/c1-12-7-8-13(9-16(12)22-20)17(23)21-15-6-4-5-14(10-15)18(2,3)11-19/h4-10,22H,20H2,1-3H3,(H,21,23). The average molecular weight is 308 g/mol. The van der Waals surface area contributed by atoms with Crippen LogP contribution in [-0.2, 0) is 5.41 Å². The normalized spacial score (nSPS) is 10.7. The van der Waals surface area contributed by atoms with Crippen LogP contribution in [0.15, 0.2) is 42.5 Å². The van der Waals surface area contributed by atoms with Crippen molar-refractivity contribution in [1.29, 1.82) is 5.26 Å². The number of amides is 1. The van der Waals surface area contributed by atoms with Gasteiger partial charge in [-0.15, -0.1) is 0 Å². The second-order valence-electron chi connectivity index (χ2n) is 5.95. The quantitative estimate of drug-likeness (QED) is 0.597. The molecule has 0 radical (unpaired) electrons. The Morgan fingerprint density at radius 2 is 1.96 bits per heavy atom. The van der Waals surface area contributed by atoms with Gasteiger partial charge in [0, 0.05) is 11.3 Å². The summed E-state index contributed by atoms with van der Waals surface area (Å²) in [6.45, 7) is 5.59. The van der Waals surface area contributed by atoms with Gasteiger partial charge < -0.3 is 10.7 Å². The minimum atomic E-state index is -0.610. The predicted molar refractivity (Wildman–Crippen MR) is 92.0 cm³/mol. The summed E-state index contributed by atoms with van der Waals surface area (Å²) in [6, 6.07) is 14.9. The molecule has 0 aliphatic rings. The lowest BCUT2D eigenvalue weighted by Gasteiger charge is -2.17. The van der Waals surface area contributed by atoms with Crippen LogP contribution >= 0.6 is 0 Å². The van der Waals surface area contributed by atoms with Crippen LogP contribution in [0.2, 0.25) is 0 Å². The van der Waals surface area contributed by atoms with Crippen LogP contribution in [-0.4, -0.2) is 5.91 Å². The molecule has 0 unspecified atom stereocenters. The van der Waals surface area contributed by atoms with E-state index in [0.29, 0.717) is 16.9 Å². The number of hydrogen-bond donors (Lipinski definition) is 3. The van der Waals surface area contributed by atoms with Crippen molar-refractivity contribution in [1.82, 2.24) is 0 Å². The molecule has 2 aromatic rings. The summed E-state index contributed by atoms with van der Waals surface area (Å²) in [7, 11) is 0. The molecule has 0 atom stereocenters. The number of carbonyl (C=O) groups is 1. The molecule has 2 rings (SSSR count). The van der Waals surface area contributed by atoms with Crippen molar-refractivity contribution < 1.29 is 4.79 Å². The fourth-order valence-corrected chi connectivity index (χ4v) is 2.17. The monoisotopic (exact) mass is 308 g/mol. The Balaban J connectivity index is 2.24. The van der Waals surface area contributed by atoms with Crippen LogP contribution < -0.4 is 16.6 Å². The molecule has 1 amide bonds. The Hall–Kier alpha value is -2.84. The van der Waals surface area contributed by atoms with Crippen LogP contribution in [0.5, 0.6) is 0 Å². The molecule has 0 aliphatic carbocycles. The zero-order chi connectivity index (χ0) is 17.0. The Morgan fingerprint density at radius 3 is 2.61 bits per heavy atom. The maximum absolute atomic E-state index is 12.4. The number of anilines is 2. The number of hydrogen-bond acceptors (Lipinski definition) is 4. The van der Waals surface area contributed by atoms with Crippen molar-refractivity contribution >= 4 is 17.3 Å². The number of nitriles is 1. The fraction of sp³-hybridized carbons (Fsp3) is 0.222. The van der Waals surface area contributed by atoms with Gasteiger partial charge in [-0.2, -0.15) is 5.26 Å². The molecule has 0 saturated heterocycles. The maximum atomic E-state index is 12.4. The molecule has 5 heteroatoms. The van der Waals surface area contributed by atoms with E-state index in [1.165, 1.54) is 0 Å². The van der Waals surface area contributed by atoms with Crippen molar-refractivity contribution in [2.45, 2.75) is 26.2 Å². The minimum absolute atomic E-state index is 0.228. The van der Waals surface area contributed by atoms with Gasteiger partial charge in [-0.3, -0.25) is 10.6 Å². The average Bonchev–Trinajstić information content (AvgIpc) is 2.55. The Bertz CT molecular complexity index is 775. The Morgan fingerprint density at radius 1 is 1.22 bits per heavy atom. The molecule has 0 bridgehead atoms. The van der Waals surface area contributed by atoms with E-state index in [-0.39, 0.29) is 5.91 Å². The summed E-state index contributed by atoms with van der Waals surface area (Å²) in [5.41, 5.74) is 5.64. The third-order valence-electron chi connectivity index (χ3n) is 3.78. The first-order valence-electron chi connectivity index (χ1n) is 7.28. The third kappa shape index (κ3) is 3.68. The van der Waals surface area contributed by atoms with E-state index in [0.717, 1.165) is 11.1 Å². The molecular formula is C18H20N4O. The first-order valence-corrected chi connectivity index (χ1v) is 7.28. The van der Waals surface area contributed by atoms with Crippen molar-refractivity contribution in [3.8, 4) is 6.07 Å². The highest BCUT2D eigenvalue weighted by atomic mass is 16.1. The molecule has 5 nitrogen and oxygen atoms in total. The van der Waals surface area contributed by atoms with E-state index < -0.39 is 5.41 Å². The summed E-state index contributed by atoms with van der Waals surface area (Å²) >= 11 is 0. The molecule has 118 valence electrons. The summed E-state index contributed by atoms with van der Waals surface area (Å²) < 4.78 is 0. The van der Waals surface area contributed by atoms with Gasteiger partial charge in [0.15, 0.2) is 0 Å². The van der Waals surface area contributed by atoms with Crippen LogP contribution in [0.3, 0.4) is 0 Å². The molecule has 0 heterocycles. The number of nitrogens with one attached hydrogen (secondary N) is 2. The van der Waals surface area contributed by atoms with Crippen molar-refractivity contribution in [3.63, 3.8) is 0 Å². The van der Waals surface area contributed by atoms with Gasteiger partial charge in [-0.25, -0.2) is 0 Å². The van der Waals surface area contributed by atoms with Crippen LogP contribution in [0.4, 0.5) is 11.4 Å². The molecule has 23 heavy (non-hydrogen) atoms. The lowest BCUT2D eigenvalue weighted by atomic mass is 9.86. The van der Waals surface area contributed by atoms with Crippen LogP contribution in [0, 0.1) is 18.3 Å². The molecule has 0 aromatic heterocycles. The number of hydrazine groups is 1. The summed E-state index contributed by atoms with van der Waals surface area (Å²) in [5, 5.41) is 12.1. The van der Waals surface area contributed by atoms with Gasteiger partial charge in [0.1, 0.15) is 0 Å². The lowest BCUT2D eigenvalue weighted by Crippen LogP contribution is -2.16. The van der Waals surface area contributed by atoms with E-state index >= 15 is 0 Å². The molecule has 2 aromatic carbocycles. The van der Waals surface area contributed by atoms with E-state index in [1.807, 2.05) is 45.0 Å². The van der Waals surface area contributed by atoms with Crippen molar-refractivity contribution in [3.05, 3.63) is 59.2 Å². The largest absolute Gasteiger partial charge is 0.324 e. The molecule has 4 N–H and O–H groups in total. The minimum Gasteiger partial charge on any atom is -0.324 e.